The van der Waals surface area contributed by atoms with Crippen LogP contribution >= 0.6 is 0 Å². The third-order valence-electron chi connectivity index (χ3n) is 3.40. The molecule has 1 aliphatic carbocycles. The lowest BCUT2D eigenvalue weighted by atomic mass is 10.0. The van der Waals surface area contributed by atoms with Gasteiger partial charge < -0.3 is 10.4 Å². The van der Waals surface area contributed by atoms with Gasteiger partial charge in [-0.05, 0) is 37.8 Å². The van der Waals surface area contributed by atoms with Gasteiger partial charge in [0.05, 0.1) is 5.69 Å². The topological polar surface area (TPSA) is 79.5 Å². The molecule has 0 atom stereocenters. The van der Waals surface area contributed by atoms with E-state index in [9.17, 15) is 9.90 Å². The third-order valence-corrected chi connectivity index (χ3v) is 3.40. The third kappa shape index (κ3) is 1.84. The Kier molecular flexibility index (Phi) is 2.52. The van der Waals surface area contributed by atoms with E-state index in [1.807, 2.05) is 0 Å². The van der Waals surface area contributed by atoms with Gasteiger partial charge in [-0.2, -0.15) is 0 Å². The van der Waals surface area contributed by atoms with E-state index in [1.54, 1.807) is 29.1 Å². The second kappa shape index (κ2) is 4.06. The van der Waals surface area contributed by atoms with Crippen molar-refractivity contribution < 1.29 is 9.90 Å². The van der Waals surface area contributed by atoms with Gasteiger partial charge in [0.25, 0.3) is 5.91 Å². The minimum atomic E-state index is -1.21. The molecule has 2 heterocycles. The van der Waals surface area contributed by atoms with Crippen molar-refractivity contribution in [2.24, 2.45) is 0 Å². The molecule has 2 N–H and O–H groups in total. The number of nitrogens with zero attached hydrogens (tertiary/aromatic N) is 3. The fourth-order valence-corrected chi connectivity index (χ4v) is 2.34. The molecule has 2 aromatic rings. The predicted molar refractivity (Wildman–Crippen MR) is 65.0 cm³/mol. The predicted octanol–water partition coefficient (Wildman–Crippen LogP) is 0.973. The number of aliphatic hydroxyl groups is 1. The highest BCUT2D eigenvalue weighted by Crippen LogP contribution is 2.30. The van der Waals surface area contributed by atoms with Crippen molar-refractivity contribution in [3.8, 4) is 0 Å². The van der Waals surface area contributed by atoms with E-state index in [4.69, 9.17) is 0 Å². The van der Waals surface area contributed by atoms with Crippen LogP contribution in [-0.2, 0) is 4.79 Å². The summed E-state index contributed by atoms with van der Waals surface area (Å²) in [4.78, 5) is 12.0. The van der Waals surface area contributed by atoms with Crippen LogP contribution in [-0.4, -0.2) is 31.2 Å². The van der Waals surface area contributed by atoms with Gasteiger partial charge in [-0.25, -0.2) is 0 Å². The van der Waals surface area contributed by atoms with Gasteiger partial charge in [0.2, 0.25) is 0 Å². The standard InChI is InChI=1S/C12H14N4O2/c17-11(12(18)5-1-2-6-12)14-9-3-4-10-15-13-8-16(10)7-9/h3-4,7-8,18H,1-2,5-6H2,(H,14,17). The number of rotatable bonds is 2. The number of amides is 1. The normalized spacial score (nSPS) is 18.1. The lowest BCUT2D eigenvalue weighted by Crippen LogP contribution is -2.40. The van der Waals surface area contributed by atoms with Gasteiger partial charge in [-0.15, -0.1) is 10.2 Å². The molecule has 94 valence electrons. The fourth-order valence-electron chi connectivity index (χ4n) is 2.34. The zero-order valence-electron chi connectivity index (χ0n) is 9.83. The lowest BCUT2D eigenvalue weighted by Gasteiger charge is -2.20. The average molecular weight is 246 g/mol. The number of carbonyl (C=O) groups excluding carboxylic acids is 1. The summed E-state index contributed by atoms with van der Waals surface area (Å²) in [5, 5.41) is 20.5. The maximum Gasteiger partial charge on any atom is 0.256 e. The molecule has 0 unspecified atom stereocenters. The second-order valence-corrected chi connectivity index (χ2v) is 4.71. The summed E-state index contributed by atoms with van der Waals surface area (Å²) in [5.74, 6) is -0.326. The summed E-state index contributed by atoms with van der Waals surface area (Å²) in [6.07, 6.45) is 6.16. The molecule has 2 aromatic heterocycles. The lowest BCUT2D eigenvalue weighted by molar-refractivity contribution is -0.133. The number of hydrogen-bond donors (Lipinski definition) is 2. The molecule has 0 spiro atoms. The first-order valence-electron chi connectivity index (χ1n) is 6.01. The van der Waals surface area contributed by atoms with E-state index >= 15 is 0 Å². The molecule has 6 nitrogen and oxygen atoms in total. The Morgan fingerprint density at radius 1 is 1.39 bits per heavy atom. The molecular weight excluding hydrogens is 232 g/mol. The quantitative estimate of drug-likeness (QED) is 0.827. The summed E-state index contributed by atoms with van der Waals surface area (Å²) >= 11 is 0. The maximum absolute atomic E-state index is 12.0. The monoisotopic (exact) mass is 246 g/mol. The number of aromatic nitrogens is 3. The highest BCUT2D eigenvalue weighted by Gasteiger charge is 2.38. The number of hydrogen-bond acceptors (Lipinski definition) is 4. The zero-order chi connectivity index (χ0) is 12.6. The molecule has 3 rings (SSSR count). The molecule has 18 heavy (non-hydrogen) atoms. The molecule has 0 saturated heterocycles. The maximum atomic E-state index is 12.0. The number of fused-ring (bicyclic) bond motifs is 1. The smallest absolute Gasteiger partial charge is 0.256 e. The molecule has 1 aliphatic rings. The van der Waals surface area contributed by atoms with E-state index in [-0.39, 0.29) is 5.91 Å². The van der Waals surface area contributed by atoms with E-state index in [0.717, 1.165) is 12.8 Å². The van der Waals surface area contributed by atoms with Crippen molar-refractivity contribution in [2.45, 2.75) is 31.3 Å². The zero-order valence-corrected chi connectivity index (χ0v) is 9.83. The van der Waals surface area contributed by atoms with Crippen molar-refractivity contribution in [3.63, 3.8) is 0 Å². The van der Waals surface area contributed by atoms with Gasteiger partial charge in [-0.1, -0.05) is 0 Å². The average Bonchev–Trinajstić information content (AvgIpc) is 2.98. The molecule has 0 bridgehead atoms. The molecular formula is C12H14N4O2. The van der Waals surface area contributed by atoms with Gasteiger partial charge in [-0.3, -0.25) is 9.20 Å². The summed E-state index contributed by atoms with van der Waals surface area (Å²) in [6, 6.07) is 3.52. The molecule has 6 heteroatoms. The van der Waals surface area contributed by atoms with Crippen LogP contribution in [0.4, 0.5) is 5.69 Å². The Balaban J connectivity index is 1.81. The van der Waals surface area contributed by atoms with Crippen molar-refractivity contribution in [1.29, 1.82) is 0 Å². The van der Waals surface area contributed by atoms with Crippen LogP contribution in [0.25, 0.3) is 5.65 Å². The van der Waals surface area contributed by atoms with Crippen LogP contribution in [0.1, 0.15) is 25.7 Å². The Labute approximate surface area is 104 Å². The van der Waals surface area contributed by atoms with E-state index in [1.165, 1.54) is 0 Å². The summed E-state index contributed by atoms with van der Waals surface area (Å²) < 4.78 is 1.72. The highest BCUT2D eigenvalue weighted by molar-refractivity contribution is 5.97. The van der Waals surface area contributed by atoms with E-state index < -0.39 is 5.60 Å². The number of carbonyl (C=O) groups is 1. The largest absolute Gasteiger partial charge is 0.380 e. The second-order valence-electron chi connectivity index (χ2n) is 4.71. The number of anilines is 1. The van der Waals surface area contributed by atoms with Crippen molar-refractivity contribution >= 4 is 17.2 Å². The van der Waals surface area contributed by atoms with Crippen molar-refractivity contribution in [1.82, 2.24) is 14.6 Å². The Morgan fingerprint density at radius 3 is 2.94 bits per heavy atom. The Hall–Kier alpha value is -1.95. The number of nitrogens with one attached hydrogen (secondary N) is 1. The Bertz CT molecular complexity index is 587. The molecule has 1 fully saturated rings. The van der Waals surface area contributed by atoms with E-state index in [0.29, 0.717) is 24.2 Å². The summed E-state index contributed by atoms with van der Waals surface area (Å²) in [7, 11) is 0. The highest BCUT2D eigenvalue weighted by atomic mass is 16.3. The van der Waals surface area contributed by atoms with Crippen molar-refractivity contribution in [2.75, 3.05) is 5.32 Å². The molecule has 0 radical (unpaired) electrons. The van der Waals surface area contributed by atoms with Gasteiger partial charge >= 0.3 is 0 Å². The van der Waals surface area contributed by atoms with Gasteiger partial charge in [0.15, 0.2) is 5.65 Å². The summed E-state index contributed by atoms with van der Waals surface area (Å²) in [6.45, 7) is 0. The van der Waals surface area contributed by atoms with Crippen LogP contribution in [0.2, 0.25) is 0 Å². The molecule has 0 aliphatic heterocycles. The first-order valence-corrected chi connectivity index (χ1v) is 6.01. The molecule has 1 amide bonds. The van der Waals surface area contributed by atoms with Crippen LogP contribution in [0.5, 0.6) is 0 Å². The molecule has 1 saturated carbocycles. The van der Waals surface area contributed by atoms with Crippen molar-refractivity contribution in [3.05, 3.63) is 24.7 Å². The molecule has 0 aromatic carbocycles. The SMILES string of the molecule is O=C(Nc1ccc2nncn2c1)C1(O)CCCC1. The van der Waals surface area contributed by atoms with Crippen LogP contribution in [0.15, 0.2) is 24.7 Å². The van der Waals surface area contributed by atoms with Crippen LogP contribution in [0, 0.1) is 0 Å². The van der Waals surface area contributed by atoms with Gasteiger partial charge in [0.1, 0.15) is 11.9 Å². The Morgan fingerprint density at radius 2 is 2.17 bits per heavy atom. The van der Waals surface area contributed by atoms with Gasteiger partial charge in [0, 0.05) is 6.20 Å². The minimum Gasteiger partial charge on any atom is -0.380 e. The first kappa shape index (κ1) is 11.2. The minimum absolute atomic E-state index is 0.326. The first-order chi connectivity index (χ1) is 8.67. The number of pyridine rings is 1. The summed E-state index contributed by atoms with van der Waals surface area (Å²) in [5.41, 5.74) is 0.141. The van der Waals surface area contributed by atoms with E-state index in [2.05, 4.69) is 15.5 Å². The fraction of sp³-hybridized carbons (Fsp3) is 0.417. The van der Waals surface area contributed by atoms with Crippen LogP contribution in [0.3, 0.4) is 0 Å². The van der Waals surface area contributed by atoms with Crippen LogP contribution < -0.4 is 5.32 Å².